The number of aliphatic hydroxyl groups is 5. The predicted molar refractivity (Wildman–Crippen MR) is 107 cm³/mol. The molecule has 1 saturated heterocycles. The second kappa shape index (κ2) is 9.67. The number of benzene rings is 1. The SMILES string of the molecule is O=C(OCC1=C[C@@H](O)[C@@H]2C=CO[C@@H](O[C@H]3O[C@H](CO)[C@@H](O)[C@H](O)[C@H]3O)[C@@H]12)c1ccccc1. The molecule has 1 aliphatic carbocycles. The highest BCUT2D eigenvalue weighted by Gasteiger charge is 2.49. The van der Waals surface area contributed by atoms with Crippen molar-refractivity contribution in [2.75, 3.05) is 13.2 Å². The minimum absolute atomic E-state index is 0.113. The molecule has 174 valence electrons. The number of ether oxygens (including phenoxy) is 4. The Labute approximate surface area is 183 Å². The summed E-state index contributed by atoms with van der Waals surface area (Å²) >= 11 is 0. The fraction of sp³-hybridized carbons (Fsp3) is 0.500. The van der Waals surface area contributed by atoms with Gasteiger partial charge in [-0.05, 0) is 23.8 Å². The summed E-state index contributed by atoms with van der Waals surface area (Å²) in [5.74, 6) is -1.52. The minimum atomic E-state index is -1.60. The van der Waals surface area contributed by atoms with E-state index in [0.29, 0.717) is 11.1 Å². The van der Waals surface area contributed by atoms with Crippen molar-refractivity contribution in [2.24, 2.45) is 11.8 Å². The first-order chi connectivity index (χ1) is 15.4. The van der Waals surface area contributed by atoms with Gasteiger partial charge in [-0.1, -0.05) is 24.3 Å². The standard InChI is InChI=1S/C22H26O10/c23-9-15-17(25)18(26)19(27)22(31-15)32-21-16-12(8-14(24)13(16)6-7-29-21)10-30-20(28)11-4-2-1-3-5-11/h1-8,13-19,21-27H,9-10H2/t13-,14+,15+,16-,17+,18-,19+,21-,22+/m0/s1. The third kappa shape index (κ3) is 4.44. The molecular weight excluding hydrogens is 424 g/mol. The lowest BCUT2D eigenvalue weighted by Gasteiger charge is -2.42. The van der Waals surface area contributed by atoms with Crippen molar-refractivity contribution in [2.45, 2.75) is 43.1 Å². The van der Waals surface area contributed by atoms with E-state index < -0.39 is 67.5 Å². The van der Waals surface area contributed by atoms with Crippen LogP contribution in [-0.2, 0) is 18.9 Å². The fourth-order valence-electron chi connectivity index (χ4n) is 4.17. The highest BCUT2D eigenvalue weighted by molar-refractivity contribution is 5.89. The Morgan fingerprint density at radius 2 is 1.75 bits per heavy atom. The molecule has 10 nitrogen and oxygen atoms in total. The number of carbonyl (C=O) groups is 1. The molecule has 1 fully saturated rings. The average molecular weight is 450 g/mol. The first-order valence-electron chi connectivity index (χ1n) is 10.3. The molecular formula is C22H26O10. The van der Waals surface area contributed by atoms with Crippen molar-refractivity contribution in [3.05, 3.63) is 59.9 Å². The zero-order valence-electron chi connectivity index (χ0n) is 17.0. The van der Waals surface area contributed by atoms with Crippen LogP contribution in [0.25, 0.3) is 0 Å². The van der Waals surface area contributed by atoms with Gasteiger partial charge < -0.3 is 44.5 Å². The van der Waals surface area contributed by atoms with Crippen LogP contribution in [0.5, 0.6) is 0 Å². The Balaban J connectivity index is 1.46. The van der Waals surface area contributed by atoms with Crippen molar-refractivity contribution in [1.82, 2.24) is 0 Å². The number of esters is 1. The summed E-state index contributed by atoms with van der Waals surface area (Å²) in [5, 5.41) is 50.0. The molecule has 4 rings (SSSR count). The normalized spacial score (nSPS) is 38.5. The lowest BCUT2D eigenvalue weighted by molar-refractivity contribution is -0.339. The van der Waals surface area contributed by atoms with Crippen molar-refractivity contribution < 1.29 is 49.3 Å². The van der Waals surface area contributed by atoms with Gasteiger partial charge in [-0.25, -0.2) is 4.79 Å². The summed E-state index contributed by atoms with van der Waals surface area (Å²) in [7, 11) is 0. The summed E-state index contributed by atoms with van der Waals surface area (Å²) in [6.07, 6.45) is -4.61. The molecule has 5 N–H and O–H groups in total. The number of carbonyl (C=O) groups excluding carboxylic acids is 1. The largest absolute Gasteiger partial charge is 0.472 e. The van der Waals surface area contributed by atoms with E-state index in [4.69, 9.17) is 18.9 Å². The molecule has 1 aromatic carbocycles. The highest BCUT2D eigenvalue weighted by Crippen LogP contribution is 2.41. The summed E-state index contributed by atoms with van der Waals surface area (Å²) in [6, 6.07) is 8.47. The molecule has 2 aliphatic heterocycles. The Bertz CT molecular complexity index is 854. The summed E-state index contributed by atoms with van der Waals surface area (Å²) in [5.41, 5.74) is 0.947. The van der Waals surface area contributed by atoms with Gasteiger partial charge in [0.1, 0.15) is 31.0 Å². The first-order valence-corrected chi connectivity index (χ1v) is 10.3. The van der Waals surface area contributed by atoms with E-state index in [1.807, 2.05) is 0 Å². The van der Waals surface area contributed by atoms with Crippen LogP contribution in [0.15, 0.2) is 54.3 Å². The number of hydrogen-bond donors (Lipinski definition) is 5. The molecule has 10 heteroatoms. The average Bonchev–Trinajstić information content (AvgIpc) is 3.14. The Hall–Kier alpha value is -2.31. The second-order valence-electron chi connectivity index (χ2n) is 7.94. The molecule has 32 heavy (non-hydrogen) atoms. The number of fused-ring (bicyclic) bond motifs is 1. The zero-order valence-corrected chi connectivity index (χ0v) is 17.0. The third-order valence-electron chi connectivity index (χ3n) is 5.92. The quantitative estimate of drug-likeness (QED) is 0.271. The van der Waals surface area contributed by atoms with E-state index in [9.17, 15) is 30.3 Å². The van der Waals surface area contributed by atoms with E-state index >= 15 is 0 Å². The number of rotatable bonds is 6. The maximum Gasteiger partial charge on any atom is 0.338 e. The van der Waals surface area contributed by atoms with Crippen LogP contribution in [0.3, 0.4) is 0 Å². The van der Waals surface area contributed by atoms with Crippen LogP contribution in [0.1, 0.15) is 10.4 Å². The van der Waals surface area contributed by atoms with Gasteiger partial charge in [-0.2, -0.15) is 0 Å². The third-order valence-corrected chi connectivity index (χ3v) is 5.92. The van der Waals surface area contributed by atoms with Gasteiger partial charge in [0.25, 0.3) is 0 Å². The Kier molecular flexibility index (Phi) is 6.91. The van der Waals surface area contributed by atoms with Crippen molar-refractivity contribution in [1.29, 1.82) is 0 Å². The van der Waals surface area contributed by atoms with Crippen molar-refractivity contribution >= 4 is 5.97 Å². The van der Waals surface area contributed by atoms with Gasteiger partial charge in [-0.15, -0.1) is 0 Å². The molecule has 3 aliphatic rings. The topological polar surface area (TPSA) is 155 Å². The van der Waals surface area contributed by atoms with Crippen LogP contribution < -0.4 is 0 Å². The summed E-state index contributed by atoms with van der Waals surface area (Å²) in [4.78, 5) is 12.3. The van der Waals surface area contributed by atoms with Crippen LogP contribution in [0.4, 0.5) is 0 Å². The van der Waals surface area contributed by atoms with E-state index in [0.717, 1.165) is 0 Å². The molecule has 0 unspecified atom stereocenters. The molecule has 0 aromatic heterocycles. The zero-order chi connectivity index (χ0) is 22.8. The van der Waals surface area contributed by atoms with E-state index in [1.54, 1.807) is 42.5 Å². The second-order valence-corrected chi connectivity index (χ2v) is 7.94. The predicted octanol–water partition coefficient (Wildman–Crippen LogP) is -0.937. The molecule has 0 bridgehead atoms. The van der Waals surface area contributed by atoms with Crippen LogP contribution in [0.2, 0.25) is 0 Å². The highest BCUT2D eigenvalue weighted by atomic mass is 16.8. The van der Waals surface area contributed by atoms with Gasteiger partial charge in [0.15, 0.2) is 6.29 Å². The summed E-state index contributed by atoms with van der Waals surface area (Å²) < 4.78 is 22.1. The van der Waals surface area contributed by atoms with E-state index in [-0.39, 0.29) is 6.61 Å². The first kappa shape index (κ1) is 22.9. The van der Waals surface area contributed by atoms with Gasteiger partial charge in [-0.3, -0.25) is 0 Å². The lowest BCUT2D eigenvalue weighted by atomic mass is 9.88. The molecule has 2 heterocycles. The molecule has 0 amide bonds. The molecule has 9 atom stereocenters. The van der Waals surface area contributed by atoms with Crippen molar-refractivity contribution in [3.8, 4) is 0 Å². The van der Waals surface area contributed by atoms with Gasteiger partial charge in [0.05, 0.1) is 30.5 Å². The number of hydrogen-bond acceptors (Lipinski definition) is 10. The van der Waals surface area contributed by atoms with Crippen molar-refractivity contribution in [3.63, 3.8) is 0 Å². The van der Waals surface area contributed by atoms with E-state index in [2.05, 4.69) is 0 Å². The Morgan fingerprint density at radius 1 is 1.00 bits per heavy atom. The Morgan fingerprint density at radius 3 is 2.47 bits per heavy atom. The lowest BCUT2D eigenvalue weighted by Crippen LogP contribution is -2.60. The molecule has 0 radical (unpaired) electrons. The fourth-order valence-corrected chi connectivity index (χ4v) is 4.17. The molecule has 0 spiro atoms. The van der Waals surface area contributed by atoms with Crippen LogP contribution in [0, 0.1) is 11.8 Å². The molecule has 0 saturated carbocycles. The van der Waals surface area contributed by atoms with Gasteiger partial charge >= 0.3 is 5.97 Å². The van der Waals surface area contributed by atoms with Gasteiger partial charge in [0, 0.05) is 5.92 Å². The number of aliphatic hydroxyl groups excluding tert-OH is 5. The summed E-state index contributed by atoms with van der Waals surface area (Å²) in [6.45, 7) is -0.709. The van der Waals surface area contributed by atoms with Gasteiger partial charge in [0.2, 0.25) is 6.29 Å². The monoisotopic (exact) mass is 450 g/mol. The smallest absolute Gasteiger partial charge is 0.338 e. The van der Waals surface area contributed by atoms with E-state index in [1.165, 1.54) is 6.26 Å². The molecule has 1 aromatic rings. The maximum absolute atomic E-state index is 12.3. The van der Waals surface area contributed by atoms with Crippen LogP contribution >= 0.6 is 0 Å². The minimum Gasteiger partial charge on any atom is -0.472 e. The van der Waals surface area contributed by atoms with Crippen LogP contribution in [-0.4, -0.2) is 87.8 Å². The maximum atomic E-state index is 12.3.